The van der Waals surface area contributed by atoms with E-state index in [1.54, 1.807) is 26.2 Å². The van der Waals surface area contributed by atoms with Gasteiger partial charge in [-0.25, -0.2) is 0 Å². The molecule has 0 amide bonds. The maximum absolute atomic E-state index is 14.6. The second-order valence-electron chi connectivity index (χ2n) is 14.2. The van der Waals surface area contributed by atoms with Crippen molar-refractivity contribution in [2.24, 2.45) is 39.9 Å². The van der Waals surface area contributed by atoms with E-state index in [1.165, 1.54) is 13.4 Å². The minimum Gasteiger partial charge on any atom is -0.472 e. The zero-order chi connectivity index (χ0) is 29.9. The van der Waals surface area contributed by atoms with Gasteiger partial charge >= 0.3 is 17.9 Å². The number of epoxide rings is 1. The number of rotatable bonds is 5. The number of carbonyl (C=O) groups excluding carboxylic acids is 4. The van der Waals surface area contributed by atoms with Crippen LogP contribution in [0, 0.1) is 39.9 Å². The van der Waals surface area contributed by atoms with E-state index in [9.17, 15) is 24.3 Å². The monoisotopic (exact) mass is 572 g/mol. The van der Waals surface area contributed by atoms with Crippen LogP contribution in [0.5, 0.6) is 0 Å². The van der Waals surface area contributed by atoms with Gasteiger partial charge in [-0.15, -0.1) is 0 Å². The lowest BCUT2D eigenvalue weighted by atomic mass is 9.36. The number of furan rings is 1. The standard InChI is InChI=1S/C31H40O10/c1-15(2)23(34)40-25-27(3,4)18(12-20(32)37-7)29(6)17-8-10-28(5)19(31(17)26(41-31)30(25,36)24(29)35)13-21(33)39-22(28)16-9-11-38-14-16/h9,11,14-15,17-19,22,25-26,36H,8,10,12-13H2,1-7H3/t17-,18+,19+,22+,25-,26+,28+,29-,30-,31-/m1/s1. The molecule has 0 unspecified atom stereocenters. The summed E-state index contributed by atoms with van der Waals surface area (Å²) in [7, 11) is 1.30. The summed E-state index contributed by atoms with van der Waals surface area (Å²) >= 11 is 0. The molecular weight excluding hydrogens is 532 g/mol. The van der Waals surface area contributed by atoms with E-state index in [2.05, 4.69) is 6.92 Å². The van der Waals surface area contributed by atoms with Crippen molar-refractivity contribution in [2.75, 3.05) is 7.11 Å². The lowest BCUT2D eigenvalue weighted by Gasteiger charge is -2.66. The summed E-state index contributed by atoms with van der Waals surface area (Å²) in [5.41, 5.74) is -5.30. The van der Waals surface area contributed by atoms with Crippen LogP contribution >= 0.6 is 0 Å². The van der Waals surface area contributed by atoms with Crippen molar-refractivity contribution in [3.63, 3.8) is 0 Å². The van der Waals surface area contributed by atoms with Gasteiger partial charge in [0.1, 0.15) is 23.9 Å². The van der Waals surface area contributed by atoms with Crippen LogP contribution in [0.4, 0.5) is 0 Å². The molecule has 3 heterocycles. The van der Waals surface area contributed by atoms with Gasteiger partial charge in [0.25, 0.3) is 0 Å². The first-order valence-corrected chi connectivity index (χ1v) is 14.5. The van der Waals surface area contributed by atoms with E-state index in [0.717, 1.165) is 5.56 Å². The molecule has 1 aromatic heterocycles. The molecule has 224 valence electrons. The van der Waals surface area contributed by atoms with Gasteiger partial charge in [-0.3, -0.25) is 19.2 Å². The summed E-state index contributed by atoms with van der Waals surface area (Å²) in [4.78, 5) is 53.6. The average Bonchev–Trinajstić information content (AvgIpc) is 3.40. The molecule has 2 bridgehead atoms. The number of fused-ring (bicyclic) bond motifs is 5. The van der Waals surface area contributed by atoms with Crippen LogP contribution < -0.4 is 0 Å². The molecule has 10 nitrogen and oxygen atoms in total. The zero-order valence-electron chi connectivity index (χ0n) is 24.7. The summed E-state index contributed by atoms with van der Waals surface area (Å²) in [6.07, 6.45) is 1.39. The smallest absolute Gasteiger partial charge is 0.308 e. The predicted octanol–water partition coefficient (Wildman–Crippen LogP) is 3.54. The second kappa shape index (κ2) is 8.66. The molecule has 2 aliphatic heterocycles. The molecule has 2 saturated heterocycles. The molecule has 1 aromatic rings. The molecule has 5 fully saturated rings. The Hall–Kier alpha value is -2.72. The molecular formula is C31H40O10. The van der Waals surface area contributed by atoms with Gasteiger partial charge in [-0.05, 0) is 24.8 Å². The molecule has 5 aliphatic rings. The maximum Gasteiger partial charge on any atom is 0.308 e. The van der Waals surface area contributed by atoms with Crippen LogP contribution in [0.25, 0.3) is 0 Å². The molecule has 3 aliphatic carbocycles. The molecule has 6 rings (SSSR count). The second-order valence-corrected chi connectivity index (χ2v) is 14.2. The van der Waals surface area contributed by atoms with Gasteiger partial charge in [0.2, 0.25) is 0 Å². The van der Waals surface area contributed by atoms with Crippen LogP contribution in [0.1, 0.15) is 78.9 Å². The number of aliphatic hydroxyl groups is 1. The highest BCUT2D eigenvalue weighted by molar-refractivity contribution is 5.99. The van der Waals surface area contributed by atoms with Crippen LogP contribution in [0.2, 0.25) is 0 Å². The number of hydrogen-bond donors (Lipinski definition) is 1. The fraction of sp³-hybridized carbons (Fsp3) is 0.742. The summed E-state index contributed by atoms with van der Waals surface area (Å²) in [5.74, 6) is -3.87. The Kier molecular flexibility index (Phi) is 6.00. The highest BCUT2D eigenvalue weighted by atomic mass is 16.6. The SMILES string of the molecule is COC(=O)C[C@H]1C(C)(C)[C@@H](OC(=O)C(C)C)[C@]2(O)C(=O)[C@]1(C)[C@H]1CC[C@]3(C)[C@H](c4ccoc4)OC(=O)C[C@@H]3[C@]13O[C@@H]23. The Balaban J connectivity index is 1.53. The van der Waals surface area contributed by atoms with Crippen LogP contribution in [0.3, 0.4) is 0 Å². The van der Waals surface area contributed by atoms with Gasteiger partial charge in [-0.2, -0.15) is 0 Å². The van der Waals surface area contributed by atoms with Crippen LogP contribution in [-0.2, 0) is 38.1 Å². The third kappa shape index (κ3) is 3.37. The lowest BCUT2D eigenvalue weighted by molar-refractivity contribution is -0.252. The third-order valence-corrected chi connectivity index (χ3v) is 11.6. The Morgan fingerprint density at radius 2 is 1.85 bits per heavy atom. The highest BCUT2D eigenvalue weighted by Crippen LogP contribution is 2.78. The van der Waals surface area contributed by atoms with Crippen molar-refractivity contribution in [2.45, 2.75) is 96.7 Å². The van der Waals surface area contributed by atoms with E-state index in [4.69, 9.17) is 23.4 Å². The molecule has 41 heavy (non-hydrogen) atoms. The van der Waals surface area contributed by atoms with Gasteiger partial charge in [0, 0.05) is 40.1 Å². The normalized spacial score (nSPS) is 45.6. The fourth-order valence-corrected chi connectivity index (χ4v) is 9.68. The number of ketones is 1. The minimum atomic E-state index is -2.17. The number of ether oxygens (including phenoxy) is 4. The topological polar surface area (TPSA) is 142 Å². The molecule has 0 radical (unpaired) electrons. The number of Topliss-reactive ketones (excluding diaryl/α,β-unsaturated/α-hetero) is 1. The van der Waals surface area contributed by atoms with Crippen LogP contribution in [-0.4, -0.2) is 59.3 Å². The average molecular weight is 573 g/mol. The largest absolute Gasteiger partial charge is 0.472 e. The van der Waals surface area contributed by atoms with Gasteiger partial charge in [0.05, 0.1) is 32.0 Å². The first-order valence-electron chi connectivity index (χ1n) is 14.5. The summed E-state index contributed by atoms with van der Waals surface area (Å²) < 4.78 is 28.9. The van der Waals surface area contributed by atoms with Crippen LogP contribution in [0.15, 0.2) is 23.0 Å². The van der Waals surface area contributed by atoms with Crippen molar-refractivity contribution >= 4 is 23.7 Å². The first kappa shape index (κ1) is 28.4. The van der Waals surface area contributed by atoms with Gasteiger partial charge in [-0.1, -0.05) is 41.5 Å². The third-order valence-electron chi connectivity index (χ3n) is 11.6. The van der Waals surface area contributed by atoms with E-state index in [0.29, 0.717) is 12.8 Å². The quantitative estimate of drug-likeness (QED) is 0.316. The van der Waals surface area contributed by atoms with Gasteiger partial charge in [0.15, 0.2) is 11.4 Å². The van der Waals surface area contributed by atoms with E-state index in [1.807, 2.05) is 20.8 Å². The fourth-order valence-electron chi connectivity index (χ4n) is 9.68. The first-order chi connectivity index (χ1) is 19.1. The van der Waals surface area contributed by atoms with Crippen molar-refractivity contribution in [3.8, 4) is 0 Å². The Bertz CT molecular complexity index is 1300. The molecule has 0 aromatic carbocycles. The predicted molar refractivity (Wildman–Crippen MR) is 141 cm³/mol. The Morgan fingerprint density at radius 1 is 1.15 bits per heavy atom. The molecule has 3 saturated carbocycles. The molecule has 10 heteroatoms. The number of carbonyl (C=O) groups is 4. The van der Waals surface area contributed by atoms with Crippen molar-refractivity contribution in [1.82, 2.24) is 0 Å². The lowest BCUT2D eigenvalue weighted by Crippen LogP contribution is -2.80. The number of cyclic esters (lactones) is 1. The van der Waals surface area contributed by atoms with E-state index < -0.39 is 93.1 Å². The van der Waals surface area contributed by atoms with Crippen molar-refractivity contribution in [3.05, 3.63) is 24.2 Å². The number of methoxy groups -OCH3 is 1. The molecule has 1 spiro atoms. The number of hydrogen-bond acceptors (Lipinski definition) is 10. The zero-order valence-corrected chi connectivity index (χ0v) is 24.7. The Morgan fingerprint density at radius 3 is 2.46 bits per heavy atom. The highest BCUT2D eigenvalue weighted by Gasteiger charge is 2.90. The molecule has 10 atom stereocenters. The number of esters is 3. The molecule has 1 N–H and O–H groups in total. The minimum absolute atomic E-state index is 0.0553. The Labute approximate surface area is 239 Å². The van der Waals surface area contributed by atoms with E-state index in [-0.39, 0.29) is 12.8 Å². The van der Waals surface area contributed by atoms with E-state index >= 15 is 0 Å². The van der Waals surface area contributed by atoms with Crippen molar-refractivity contribution in [1.29, 1.82) is 0 Å². The maximum atomic E-state index is 14.6. The summed E-state index contributed by atoms with van der Waals surface area (Å²) in [6.45, 7) is 10.9. The summed E-state index contributed by atoms with van der Waals surface area (Å²) in [5, 5.41) is 12.6. The summed E-state index contributed by atoms with van der Waals surface area (Å²) in [6, 6.07) is 1.78. The van der Waals surface area contributed by atoms with Crippen molar-refractivity contribution < 1.29 is 47.6 Å². The van der Waals surface area contributed by atoms with Gasteiger partial charge < -0.3 is 28.5 Å².